The lowest BCUT2D eigenvalue weighted by Crippen LogP contribution is -1.99. The Hall–Kier alpha value is -5.40. The Kier molecular flexibility index (Phi) is 6.20. The van der Waals surface area contributed by atoms with Gasteiger partial charge in [0.05, 0.1) is 5.52 Å². The molecule has 1 heterocycles. The van der Waals surface area contributed by atoms with Crippen LogP contribution in [0.1, 0.15) is 23.7 Å². The second-order valence-electron chi connectivity index (χ2n) is 11.7. The molecule has 0 atom stereocenters. The van der Waals surface area contributed by atoms with Crippen LogP contribution >= 0.6 is 0 Å². The van der Waals surface area contributed by atoms with Crippen molar-refractivity contribution in [3.63, 3.8) is 0 Å². The normalized spacial score (nSPS) is 11.6. The van der Waals surface area contributed by atoms with Crippen LogP contribution in [0.3, 0.4) is 0 Å². The van der Waals surface area contributed by atoms with E-state index in [1.165, 1.54) is 88.0 Å². The number of para-hydroxylation sites is 1. The summed E-state index contributed by atoms with van der Waals surface area (Å²) in [6.07, 6.45) is 2.97. The van der Waals surface area contributed by atoms with Gasteiger partial charge in [0.2, 0.25) is 0 Å². The Morgan fingerprint density at radius 3 is 1.82 bits per heavy atom. The van der Waals surface area contributed by atoms with E-state index in [9.17, 15) is 0 Å². The minimum Gasteiger partial charge on any atom is -0.310 e. The molecule has 0 N–H and O–H groups in total. The monoisotopic (exact) mass is 563 g/mol. The van der Waals surface area contributed by atoms with Crippen molar-refractivity contribution in [1.29, 1.82) is 0 Å². The second-order valence-corrected chi connectivity index (χ2v) is 11.7. The van der Waals surface area contributed by atoms with E-state index in [1.807, 2.05) is 6.08 Å². The fraction of sp³-hybridized carbons (Fsp3) is 0.0698. The number of hydrogen-bond acceptors (Lipinski definition) is 0. The third-order valence-corrected chi connectivity index (χ3v) is 9.27. The van der Waals surface area contributed by atoms with Gasteiger partial charge in [0, 0.05) is 16.8 Å². The highest BCUT2D eigenvalue weighted by molar-refractivity contribution is 6.22. The van der Waals surface area contributed by atoms with Crippen molar-refractivity contribution in [2.75, 3.05) is 0 Å². The fourth-order valence-corrected chi connectivity index (χ4v) is 7.33. The molecule has 0 radical (unpaired) electrons. The van der Waals surface area contributed by atoms with Gasteiger partial charge in [-0.15, -0.1) is 0 Å². The van der Waals surface area contributed by atoms with Crippen molar-refractivity contribution in [2.45, 2.75) is 20.3 Å². The Balaban J connectivity index is 1.39. The zero-order valence-corrected chi connectivity index (χ0v) is 25.1. The van der Waals surface area contributed by atoms with Crippen molar-refractivity contribution in [3.8, 4) is 27.9 Å². The van der Waals surface area contributed by atoms with E-state index in [4.69, 9.17) is 0 Å². The van der Waals surface area contributed by atoms with Crippen LogP contribution < -0.4 is 0 Å². The molecule has 0 aliphatic rings. The summed E-state index contributed by atoms with van der Waals surface area (Å²) in [4.78, 5) is 0. The zero-order chi connectivity index (χ0) is 29.8. The van der Waals surface area contributed by atoms with Gasteiger partial charge in [-0.2, -0.15) is 0 Å². The van der Waals surface area contributed by atoms with Gasteiger partial charge in [-0.05, 0) is 109 Å². The van der Waals surface area contributed by atoms with Gasteiger partial charge in [0.1, 0.15) is 0 Å². The van der Waals surface area contributed by atoms with Crippen molar-refractivity contribution in [3.05, 3.63) is 157 Å². The first-order valence-electron chi connectivity index (χ1n) is 15.5. The summed E-state index contributed by atoms with van der Waals surface area (Å²) in [5, 5.41) is 8.92. The number of benzene rings is 7. The molecular formula is C43H33N. The van der Waals surface area contributed by atoms with E-state index in [-0.39, 0.29) is 0 Å². The Morgan fingerprint density at radius 1 is 0.591 bits per heavy atom. The topological polar surface area (TPSA) is 4.93 Å². The smallest absolute Gasteiger partial charge is 0.0537 e. The molecule has 0 unspecified atom stereocenters. The molecular weight excluding hydrogens is 530 g/mol. The molecule has 0 bridgehead atoms. The molecule has 7 aromatic carbocycles. The van der Waals surface area contributed by atoms with Gasteiger partial charge in [0.25, 0.3) is 0 Å². The summed E-state index contributed by atoms with van der Waals surface area (Å²) in [5.74, 6) is 0. The Morgan fingerprint density at radius 2 is 1.18 bits per heavy atom. The van der Waals surface area contributed by atoms with Crippen molar-refractivity contribution in [1.82, 2.24) is 4.57 Å². The summed E-state index contributed by atoms with van der Waals surface area (Å²) in [5.41, 5.74) is 11.3. The molecule has 1 heteroatoms. The molecule has 210 valence electrons. The van der Waals surface area contributed by atoms with Crippen molar-refractivity contribution in [2.24, 2.45) is 0 Å². The highest BCUT2D eigenvalue weighted by Gasteiger charge is 2.19. The van der Waals surface area contributed by atoms with Crippen LogP contribution in [-0.4, -0.2) is 4.57 Å². The molecule has 0 amide bonds. The minimum atomic E-state index is 0.966. The van der Waals surface area contributed by atoms with Crippen LogP contribution in [0.2, 0.25) is 0 Å². The SMILES string of the molecule is C=Cc1c(CC)c2ccccc2n1-c1ccc(-c2c3ccccc3c(-c3ccc4ccccc4c3)c3ccccc23)c(C)c1. The van der Waals surface area contributed by atoms with Crippen LogP contribution in [-0.2, 0) is 6.42 Å². The first kappa shape index (κ1) is 26.2. The van der Waals surface area contributed by atoms with E-state index < -0.39 is 0 Å². The predicted octanol–water partition coefficient (Wildman–Crippen LogP) is 11.9. The summed E-state index contributed by atoms with van der Waals surface area (Å²) in [6, 6.07) is 49.0. The number of hydrogen-bond donors (Lipinski definition) is 0. The standard InChI is InChI=1S/C43H33N/c1-4-33-35-16-12-13-21-41(35)44(40(33)5-2)32-24-25-34(28(3)26-32)43-38-19-10-8-17-36(38)42(37-18-9-11-20-39(37)43)31-23-22-29-14-6-7-15-30(29)27-31/h5-27H,2,4H2,1,3H3. The quantitative estimate of drug-likeness (QED) is 0.184. The molecule has 0 saturated heterocycles. The van der Waals surface area contributed by atoms with Gasteiger partial charge >= 0.3 is 0 Å². The summed E-state index contributed by atoms with van der Waals surface area (Å²) >= 11 is 0. The summed E-state index contributed by atoms with van der Waals surface area (Å²) in [7, 11) is 0. The molecule has 44 heavy (non-hydrogen) atoms. The predicted molar refractivity (Wildman–Crippen MR) is 191 cm³/mol. The molecule has 1 nitrogen and oxygen atoms in total. The first-order chi connectivity index (χ1) is 21.7. The number of rotatable bonds is 5. The van der Waals surface area contributed by atoms with E-state index in [2.05, 4.69) is 158 Å². The molecule has 0 saturated carbocycles. The lowest BCUT2D eigenvalue weighted by molar-refractivity contribution is 1.06. The van der Waals surface area contributed by atoms with Crippen molar-refractivity contribution >= 4 is 49.3 Å². The largest absolute Gasteiger partial charge is 0.310 e. The number of aromatic nitrogens is 1. The molecule has 0 aliphatic carbocycles. The lowest BCUT2D eigenvalue weighted by Gasteiger charge is -2.20. The van der Waals surface area contributed by atoms with E-state index in [0.29, 0.717) is 0 Å². The van der Waals surface area contributed by atoms with Gasteiger partial charge in [-0.1, -0.05) is 123 Å². The molecule has 0 aliphatic heterocycles. The highest BCUT2D eigenvalue weighted by atomic mass is 15.0. The average Bonchev–Trinajstić information content (AvgIpc) is 3.40. The fourth-order valence-electron chi connectivity index (χ4n) is 7.33. The summed E-state index contributed by atoms with van der Waals surface area (Å²) in [6.45, 7) is 8.68. The number of nitrogens with zero attached hydrogens (tertiary/aromatic N) is 1. The third-order valence-electron chi connectivity index (χ3n) is 9.27. The number of aryl methyl sites for hydroxylation is 2. The Bertz CT molecular complexity index is 2340. The molecule has 0 spiro atoms. The van der Waals surface area contributed by atoms with E-state index >= 15 is 0 Å². The molecule has 8 rings (SSSR count). The second kappa shape index (κ2) is 10.4. The van der Waals surface area contributed by atoms with Crippen LogP contribution in [0.4, 0.5) is 0 Å². The van der Waals surface area contributed by atoms with Crippen LogP contribution in [0.5, 0.6) is 0 Å². The maximum Gasteiger partial charge on any atom is 0.0537 e. The zero-order valence-electron chi connectivity index (χ0n) is 25.1. The van der Waals surface area contributed by atoms with Crippen molar-refractivity contribution < 1.29 is 0 Å². The van der Waals surface area contributed by atoms with Gasteiger partial charge < -0.3 is 4.57 Å². The highest BCUT2D eigenvalue weighted by Crippen LogP contribution is 2.45. The first-order valence-corrected chi connectivity index (χ1v) is 15.5. The number of fused-ring (bicyclic) bond motifs is 4. The third kappa shape index (κ3) is 3.93. The van der Waals surface area contributed by atoms with Crippen LogP contribution in [0, 0.1) is 6.92 Å². The molecule has 0 fully saturated rings. The van der Waals surface area contributed by atoms with Gasteiger partial charge in [0.15, 0.2) is 0 Å². The average molecular weight is 564 g/mol. The maximum atomic E-state index is 4.21. The Labute approximate surface area is 258 Å². The van der Waals surface area contributed by atoms with Gasteiger partial charge in [-0.25, -0.2) is 0 Å². The minimum absolute atomic E-state index is 0.966. The van der Waals surface area contributed by atoms with E-state index in [1.54, 1.807) is 0 Å². The van der Waals surface area contributed by atoms with Crippen LogP contribution in [0.25, 0.3) is 77.2 Å². The lowest BCUT2D eigenvalue weighted by atomic mass is 9.84. The molecule has 8 aromatic rings. The van der Waals surface area contributed by atoms with Crippen LogP contribution in [0.15, 0.2) is 140 Å². The van der Waals surface area contributed by atoms with Gasteiger partial charge in [-0.3, -0.25) is 0 Å². The summed E-state index contributed by atoms with van der Waals surface area (Å²) < 4.78 is 2.37. The molecule has 1 aromatic heterocycles. The van der Waals surface area contributed by atoms with E-state index in [0.717, 1.165) is 6.42 Å². The maximum absolute atomic E-state index is 4.21.